The van der Waals surface area contributed by atoms with Gasteiger partial charge in [-0.1, -0.05) is 24.9 Å². The Morgan fingerprint density at radius 3 is 3.00 bits per heavy atom. The van der Waals surface area contributed by atoms with E-state index in [-0.39, 0.29) is 6.04 Å². The van der Waals surface area contributed by atoms with Gasteiger partial charge < -0.3 is 4.42 Å². The van der Waals surface area contributed by atoms with Crippen molar-refractivity contribution in [3.63, 3.8) is 0 Å². The maximum absolute atomic E-state index is 6.06. The van der Waals surface area contributed by atoms with Crippen molar-refractivity contribution >= 4 is 22.9 Å². The highest BCUT2D eigenvalue weighted by Gasteiger charge is 2.38. The number of furan rings is 1. The molecule has 3 atom stereocenters. The van der Waals surface area contributed by atoms with Crippen LogP contribution < -0.4 is 5.32 Å². The molecule has 1 N–H and O–H groups in total. The summed E-state index contributed by atoms with van der Waals surface area (Å²) >= 11 is 7.68. The Morgan fingerprint density at radius 2 is 2.37 bits per heavy atom. The van der Waals surface area contributed by atoms with Gasteiger partial charge in [0.15, 0.2) is 0 Å². The molecular formula is C15H18ClNOS. The van der Waals surface area contributed by atoms with Crippen LogP contribution in [0.15, 0.2) is 34.9 Å². The van der Waals surface area contributed by atoms with E-state index in [0.717, 1.165) is 16.0 Å². The molecule has 3 unspecified atom stereocenters. The average molecular weight is 296 g/mol. The Hall–Kier alpha value is -0.770. The minimum Gasteiger partial charge on any atom is -0.467 e. The van der Waals surface area contributed by atoms with Gasteiger partial charge in [-0.05, 0) is 43.0 Å². The number of hydrogen-bond acceptors (Lipinski definition) is 3. The van der Waals surface area contributed by atoms with Crippen LogP contribution in [-0.2, 0) is 0 Å². The first-order valence-corrected chi connectivity index (χ1v) is 8.02. The topological polar surface area (TPSA) is 25.2 Å². The molecule has 1 saturated carbocycles. The lowest BCUT2D eigenvalue weighted by molar-refractivity contribution is 0.439. The van der Waals surface area contributed by atoms with Crippen LogP contribution in [0.25, 0.3) is 0 Å². The van der Waals surface area contributed by atoms with Crippen molar-refractivity contribution in [2.75, 3.05) is 0 Å². The Kier molecular flexibility index (Phi) is 3.96. The Bertz CT molecular complexity index is 522. The third-order valence-electron chi connectivity index (χ3n) is 3.67. The maximum Gasteiger partial charge on any atom is 0.126 e. The van der Waals surface area contributed by atoms with E-state index in [1.807, 2.05) is 18.2 Å². The van der Waals surface area contributed by atoms with Crippen molar-refractivity contribution in [2.24, 2.45) is 5.92 Å². The highest BCUT2D eigenvalue weighted by molar-refractivity contribution is 7.16. The molecule has 102 valence electrons. The van der Waals surface area contributed by atoms with Crippen LogP contribution in [0, 0.1) is 5.92 Å². The summed E-state index contributed by atoms with van der Waals surface area (Å²) < 4.78 is 6.41. The fraction of sp³-hybridized carbons (Fsp3) is 0.467. The minimum absolute atomic E-state index is 0.138. The molecule has 2 aromatic rings. The van der Waals surface area contributed by atoms with E-state index in [0.29, 0.717) is 6.04 Å². The number of nitrogens with one attached hydrogen (secondary N) is 1. The summed E-state index contributed by atoms with van der Waals surface area (Å²) in [6.07, 6.45) is 5.59. The van der Waals surface area contributed by atoms with Crippen molar-refractivity contribution in [2.45, 2.75) is 38.3 Å². The molecule has 0 radical (unpaired) electrons. The molecule has 0 aliphatic heterocycles. The second-order valence-corrected chi connectivity index (χ2v) is 6.89. The minimum atomic E-state index is 0.138. The van der Waals surface area contributed by atoms with Gasteiger partial charge in [0.2, 0.25) is 0 Å². The smallest absolute Gasteiger partial charge is 0.126 e. The highest BCUT2D eigenvalue weighted by Crippen LogP contribution is 2.39. The second-order valence-electron chi connectivity index (χ2n) is 5.15. The van der Waals surface area contributed by atoms with Crippen LogP contribution >= 0.6 is 22.9 Å². The molecule has 4 heteroatoms. The Labute approximate surface area is 122 Å². The first-order valence-electron chi connectivity index (χ1n) is 6.82. The average Bonchev–Trinajstić information content (AvgIpc) is 2.85. The van der Waals surface area contributed by atoms with Gasteiger partial charge in [0.05, 0.1) is 10.6 Å². The van der Waals surface area contributed by atoms with Gasteiger partial charge in [-0.15, -0.1) is 11.3 Å². The van der Waals surface area contributed by atoms with E-state index in [1.165, 1.54) is 24.1 Å². The van der Waals surface area contributed by atoms with E-state index >= 15 is 0 Å². The van der Waals surface area contributed by atoms with Crippen molar-refractivity contribution in [3.8, 4) is 0 Å². The molecule has 0 saturated heterocycles. The Balaban J connectivity index is 1.75. The predicted octanol–water partition coefficient (Wildman–Crippen LogP) is 4.86. The van der Waals surface area contributed by atoms with Gasteiger partial charge in [-0.3, -0.25) is 5.32 Å². The van der Waals surface area contributed by atoms with Gasteiger partial charge in [-0.2, -0.15) is 0 Å². The third kappa shape index (κ3) is 3.04. The normalized spacial score (nSPS) is 23.5. The maximum atomic E-state index is 6.06. The number of thiophene rings is 1. The van der Waals surface area contributed by atoms with Gasteiger partial charge in [-0.25, -0.2) is 0 Å². The molecule has 2 heterocycles. The summed E-state index contributed by atoms with van der Waals surface area (Å²) in [5, 5.41) is 3.72. The van der Waals surface area contributed by atoms with Gasteiger partial charge in [0.25, 0.3) is 0 Å². The fourth-order valence-corrected chi connectivity index (χ4v) is 3.73. The number of halogens is 1. The molecule has 0 bridgehead atoms. The molecule has 1 aliphatic rings. The quantitative estimate of drug-likeness (QED) is 0.823. The molecule has 2 aromatic heterocycles. The van der Waals surface area contributed by atoms with Crippen LogP contribution in [0.3, 0.4) is 0 Å². The SMILES string of the molecule is CCCC1CC1NC(c1ccco1)c1ccc(Cl)s1. The monoisotopic (exact) mass is 295 g/mol. The third-order valence-corrected chi connectivity index (χ3v) is 4.97. The highest BCUT2D eigenvalue weighted by atomic mass is 35.5. The lowest BCUT2D eigenvalue weighted by Crippen LogP contribution is -2.24. The molecule has 19 heavy (non-hydrogen) atoms. The van der Waals surface area contributed by atoms with E-state index in [2.05, 4.69) is 18.3 Å². The molecule has 1 aliphatic carbocycles. The first kappa shape index (κ1) is 13.2. The van der Waals surface area contributed by atoms with Crippen molar-refractivity contribution in [1.82, 2.24) is 5.32 Å². The van der Waals surface area contributed by atoms with E-state index < -0.39 is 0 Å². The van der Waals surface area contributed by atoms with E-state index in [9.17, 15) is 0 Å². The molecule has 0 spiro atoms. The van der Waals surface area contributed by atoms with Crippen molar-refractivity contribution < 1.29 is 4.42 Å². The zero-order valence-corrected chi connectivity index (χ0v) is 12.5. The van der Waals surface area contributed by atoms with E-state index in [1.54, 1.807) is 17.6 Å². The molecule has 3 rings (SSSR count). The van der Waals surface area contributed by atoms with Crippen LogP contribution in [0.2, 0.25) is 4.34 Å². The standard InChI is InChI=1S/C15H18ClNOS/c1-2-4-10-9-11(10)17-15(12-5-3-8-18-12)13-6-7-14(16)19-13/h3,5-8,10-11,15,17H,2,4,9H2,1H3. The zero-order chi connectivity index (χ0) is 13.2. The van der Waals surface area contributed by atoms with Crippen LogP contribution in [-0.4, -0.2) is 6.04 Å². The lowest BCUT2D eigenvalue weighted by Gasteiger charge is -2.15. The van der Waals surface area contributed by atoms with E-state index in [4.69, 9.17) is 16.0 Å². The molecule has 0 amide bonds. The first-order chi connectivity index (χ1) is 9.28. The molecule has 0 aromatic carbocycles. The Morgan fingerprint density at radius 1 is 1.47 bits per heavy atom. The van der Waals surface area contributed by atoms with Crippen LogP contribution in [0.5, 0.6) is 0 Å². The molecule has 1 fully saturated rings. The summed E-state index contributed by atoms with van der Waals surface area (Å²) in [4.78, 5) is 1.22. The summed E-state index contributed by atoms with van der Waals surface area (Å²) in [6, 6.07) is 8.77. The number of hydrogen-bond donors (Lipinski definition) is 1. The lowest BCUT2D eigenvalue weighted by atomic mass is 10.1. The number of rotatable bonds is 6. The van der Waals surface area contributed by atoms with Gasteiger partial charge in [0, 0.05) is 10.9 Å². The van der Waals surface area contributed by atoms with Crippen LogP contribution in [0.4, 0.5) is 0 Å². The van der Waals surface area contributed by atoms with Gasteiger partial charge in [0.1, 0.15) is 11.8 Å². The molecular weight excluding hydrogens is 278 g/mol. The zero-order valence-electron chi connectivity index (χ0n) is 10.9. The summed E-state index contributed by atoms with van der Waals surface area (Å²) in [7, 11) is 0. The second kappa shape index (κ2) is 5.70. The largest absolute Gasteiger partial charge is 0.467 e. The summed E-state index contributed by atoms with van der Waals surface area (Å²) in [5.74, 6) is 1.80. The van der Waals surface area contributed by atoms with Crippen LogP contribution in [0.1, 0.15) is 42.9 Å². The fourth-order valence-electron chi connectivity index (χ4n) is 2.60. The molecule has 2 nitrogen and oxygen atoms in total. The van der Waals surface area contributed by atoms with Crippen molar-refractivity contribution in [3.05, 3.63) is 45.5 Å². The summed E-state index contributed by atoms with van der Waals surface area (Å²) in [5.41, 5.74) is 0. The van der Waals surface area contributed by atoms with Gasteiger partial charge >= 0.3 is 0 Å². The predicted molar refractivity (Wildman–Crippen MR) is 79.8 cm³/mol. The van der Waals surface area contributed by atoms with Crippen molar-refractivity contribution in [1.29, 1.82) is 0 Å². The summed E-state index contributed by atoms with van der Waals surface area (Å²) in [6.45, 7) is 2.25.